The first-order valence-electron chi connectivity index (χ1n) is 8.37. The lowest BCUT2D eigenvalue weighted by Gasteiger charge is -2.12. The third kappa shape index (κ3) is 5.66. The van der Waals surface area contributed by atoms with Gasteiger partial charge in [-0.3, -0.25) is 4.79 Å². The number of amides is 1. The lowest BCUT2D eigenvalue weighted by Crippen LogP contribution is -2.26. The molecular weight excluding hydrogens is 398 g/mol. The lowest BCUT2D eigenvalue weighted by molar-refractivity contribution is -0.121. The average molecular weight is 422 g/mol. The quantitative estimate of drug-likeness (QED) is 0.669. The van der Waals surface area contributed by atoms with E-state index in [-0.39, 0.29) is 5.91 Å². The van der Waals surface area contributed by atoms with Crippen molar-refractivity contribution in [1.82, 2.24) is 5.32 Å². The van der Waals surface area contributed by atoms with E-state index in [4.69, 9.17) is 14.2 Å². The molecule has 0 spiro atoms. The summed E-state index contributed by atoms with van der Waals surface area (Å²) >= 11 is 3.53. The highest BCUT2D eigenvalue weighted by Crippen LogP contribution is 2.33. The molecule has 0 heterocycles. The van der Waals surface area contributed by atoms with Gasteiger partial charge in [0.25, 0.3) is 0 Å². The molecule has 2 aromatic rings. The van der Waals surface area contributed by atoms with Crippen LogP contribution in [-0.2, 0) is 17.6 Å². The van der Waals surface area contributed by atoms with E-state index in [1.54, 1.807) is 21.3 Å². The van der Waals surface area contributed by atoms with Crippen LogP contribution in [0, 0.1) is 0 Å². The molecule has 1 N–H and O–H groups in total. The Bertz CT molecular complexity index is 749. The van der Waals surface area contributed by atoms with E-state index in [9.17, 15) is 4.79 Å². The molecule has 0 aromatic heterocycles. The fraction of sp³-hybridized carbons (Fsp3) is 0.350. The summed E-state index contributed by atoms with van der Waals surface area (Å²) in [6.45, 7) is 0.561. The van der Waals surface area contributed by atoms with E-state index in [0.717, 1.165) is 21.3 Å². The van der Waals surface area contributed by atoms with Gasteiger partial charge < -0.3 is 19.5 Å². The van der Waals surface area contributed by atoms with Crippen LogP contribution >= 0.6 is 15.9 Å². The van der Waals surface area contributed by atoms with Crippen LogP contribution in [0.1, 0.15) is 17.5 Å². The van der Waals surface area contributed by atoms with Crippen LogP contribution in [0.15, 0.2) is 40.9 Å². The zero-order valence-corrected chi connectivity index (χ0v) is 16.9. The predicted molar refractivity (Wildman–Crippen MR) is 105 cm³/mol. The summed E-state index contributed by atoms with van der Waals surface area (Å²) in [5.74, 6) is 2.19. The summed E-state index contributed by atoms with van der Waals surface area (Å²) in [5.41, 5.74) is 2.14. The van der Waals surface area contributed by atoms with Crippen molar-refractivity contribution in [3.05, 3.63) is 52.0 Å². The van der Waals surface area contributed by atoms with Crippen molar-refractivity contribution in [3.8, 4) is 17.2 Å². The number of nitrogens with one attached hydrogen (secondary N) is 1. The summed E-state index contributed by atoms with van der Waals surface area (Å²) in [4.78, 5) is 12.1. The molecule has 0 atom stereocenters. The van der Waals surface area contributed by atoms with Gasteiger partial charge in [0.2, 0.25) is 5.91 Å². The zero-order chi connectivity index (χ0) is 18.9. The molecule has 26 heavy (non-hydrogen) atoms. The topological polar surface area (TPSA) is 56.8 Å². The Morgan fingerprint density at radius 2 is 1.73 bits per heavy atom. The smallest absolute Gasteiger partial charge is 0.220 e. The van der Waals surface area contributed by atoms with Crippen molar-refractivity contribution in [3.63, 3.8) is 0 Å². The molecule has 0 unspecified atom stereocenters. The minimum absolute atomic E-state index is 0.0319. The molecule has 0 aliphatic carbocycles. The number of carbonyl (C=O) groups excluding carboxylic acids is 1. The number of ether oxygens (including phenoxy) is 3. The standard InChI is InChI=1S/C20H24BrNO4/c1-24-16-6-4-5-14(11-16)7-8-20(23)22-10-9-15-12-18(25-2)19(26-3)13-17(15)21/h4-6,11-13H,7-10H2,1-3H3,(H,22,23). The van der Waals surface area contributed by atoms with Gasteiger partial charge in [-0.1, -0.05) is 28.1 Å². The first-order valence-corrected chi connectivity index (χ1v) is 9.16. The van der Waals surface area contributed by atoms with E-state index >= 15 is 0 Å². The Morgan fingerprint density at radius 1 is 1.00 bits per heavy atom. The van der Waals surface area contributed by atoms with Gasteiger partial charge in [-0.05, 0) is 48.2 Å². The number of rotatable bonds is 9. The highest BCUT2D eigenvalue weighted by atomic mass is 79.9. The van der Waals surface area contributed by atoms with E-state index in [1.165, 1.54) is 0 Å². The Kier molecular flexibility index (Phi) is 7.78. The largest absolute Gasteiger partial charge is 0.497 e. The fourth-order valence-corrected chi connectivity index (χ4v) is 3.12. The van der Waals surface area contributed by atoms with Crippen LogP contribution in [0.5, 0.6) is 17.2 Å². The monoisotopic (exact) mass is 421 g/mol. The molecular formula is C20H24BrNO4. The SMILES string of the molecule is COc1cccc(CCC(=O)NCCc2cc(OC)c(OC)cc2Br)c1. The van der Waals surface area contributed by atoms with E-state index in [1.807, 2.05) is 36.4 Å². The molecule has 6 heteroatoms. The molecule has 0 radical (unpaired) electrons. The zero-order valence-electron chi connectivity index (χ0n) is 15.3. The van der Waals surface area contributed by atoms with Gasteiger partial charge in [0.05, 0.1) is 21.3 Å². The van der Waals surface area contributed by atoms with Gasteiger partial charge >= 0.3 is 0 Å². The summed E-state index contributed by atoms with van der Waals surface area (Å²) in [5, 5.41) is 2.96. The predicted octanol–water partition coefficient (Wildman–Crippen LogP) is 3.77. The van der Waals surface area contributed by atoms with Crippen LogP contribution in [0.25, 0.3) is 0 Å². The number of carbonyl (C=O) groups is 1. The molecule has 0 bridgehead atoms. The first-order chi connectivity index (χ1) is 12.6. The minimum Gasteiger partial charge on any atom is -0.497 e. The molecule has 2 rings (SSSR count). The van der Waals surface area contributed by atoms with Crippen molar-refractivity contribution in [2.45, 2.75) is 19.3 Å². The van der Waals surface area contributed by atoms with E-state index in [0.29, 0.717) is 37.3 Å². The minimum atomic E-state index is 0.0319. The maximum absolute atomic E-state index is 12.1. The van der Waals surface area contributed by atoms with Crippen LogP contribution in [0.3, 0.4) is 0 Å². The van der Waals surface area contributed by atoms with E-state index < -0.39 is 0 Å². The lowest BCUT2D eigenvalue weighted by atomic mass is 10.1. The summed E-state index contributed by atoms with van der Waals surface area (Å²) in [6.07, 6.45) is 1.83. The summed E-state index contributed by atoms with van der Waals surface area (Å²) in [6, 6.07) is 11.6. The maximum Gasteiger partial charge on any atom is 0.220 e. The van der Waals surface area contributed by atoms with Gasteiger partial charge in [0.1, 0.15) is 5.75 Å². The van der Waals surface area contributed by atoms with Crippen LogP contribution in [0.4, 0.5) is 0 Å². The maximum atomic E-state index is 12.1. The fourth-order valence-electron chi connectivity index (χ4n) is 2.60. The number of hydrogen-bond acceptors (Lipinski definition) is 4. The molecule has 0 saturated heterocycles. The Labute approximate surface area is 162 Å². The number of halogens is 1. The second-order valence-corrected chi connectivity index (χ2v) is 6.60. The second-order valence-electron chi connectivity index (χ2n) is 5.75. The van der Waals surface area contributed by atoms with Crippen molar-refractivity contribution in [2.75, 3.05) is 27.9 Å². The van der Waals surface area contributed by atoms with Gasteiger partial charge in [0, 0.05) is 17.4 Å². The normalized spacial score (nSPS) is 10.3. The Morgan fingerprint density at radius 3 is 2.42 bits per heavy atom. The number of hydrogen-bond donors (Lipinski definition) is 1. The van der Waals surface area contributed by atoms with Gasteiger partial charge in [0.15, 0.2) is 11.5 Å². The Hall–Kier alpha value is -2.21. The molecule has 140 valence electrons. The van der Waals surface area contributed by atoms with Crippen LogP contribution in [0.2, 0.25) is 0 Å². The van der Waals surface area contributed by atoms with Crippen molar-refractivity contribution >= 4 is 21.8 Å². The summed E-state index contributed by atoms with van der Waals surface area (Å²) < 4.78 is 16.7. The number of aryl methyl sites for hydroxylation is 1. The summed E-state index contributed by atoms with van der Waals surface area (Å²) in [7, 11) is 4.85. The van der Waals surface area contributed by atoms with E-state index in [2.05, 4.69) is 21.2 Å². The molecule has 0 saturated carbocycles. The highest BCUT2D eigenvalue weighted by molar-refractivity contribution is 9.10. The number of methoxy groups -OCH3 is 3. The van der Waals surface area contributed by atoms with Gasteiger partial charge in [-0.15, -0.1) is 0 Å². The molecule has 1 amide bonds. The Balaban J connectivity index is 1.82. The average Bonchev–Trinajstić information content (AvgIpc) is 2.67. The molecule has 0 fully saturated rings. The molecule has 2 aromatic carbocycles. The highest BCUT2D eigenvalue weighted by Gasteiger charge is 2.10. The number of benzene rings is 2. The third-order valence-corrected chi connectivity index (χ3v) is 4.78. The van der Waals surface area contributed by atoms with Crippen molar-refractivity contribution < 1.29 is 19.0 Å². The molecule has 0 aliphatic heterocycles. The first kappa shape index (κ1) is 20.1. The van der Waals surface area contributed by atoms with Crippen LogP contribution < -0.4 is 19.5 Å². The third-order valence-electron chi connectivity index (χ3n) is 4.04. The van der Waals surface area contributed by atoms with Crippen molar-refractivity contribution in [1.29, 1.82) is 0 Å². The molecule has 5 nitrogen and oxygen atoms in total. The molecule has 0 aliphatic rings. The van der Waals surface area contributed by atoms with Gasteiger partial charge in [-0.2, -0.15) is 0 Å². The van der Waals surface area contributed by atoms with Gasteiger partial charge in [-0.25, -0.2) is 0 Å². The second kappa shape index (κ2) is 10.1. The van der Waals surface area contributed by atoms with Crippen LogP contribution in [-0.4, -0.2) is 33.8 Å². The van der Waals surface area contributed by atoms with Crippen molar-refractivity contribution in [2.24, 2.45) is 0 Å².